The van der Waals surface area contributed by atoms with Crippen LogP contribution in [0.25, 0.3) is 28.4 Å². The Labute approximate surface area is 225 Å². The smallest absolute Gasteiger partial charge is 0.330 e. The first-order valence-electron chi connectivity index (χ1n) is 12.0. The van der Waals surface area contributed by atoms with E-state index in [-0.39, 0.29) is 28.4 Å². The first-order chi connectivity index (χ1) is 18.7. The molecule has 200 valence electrons. The van der Waals surface area contributed by atoms with Crippen molar-refractivity contribution in [1.29, 1.82) is 0 Å². The number of carbonyl (C=O) groups is 1. The van der Waals surface area contributed by atoms with E-state index >= 15 is 0 Å². The van der Waals surface area contributed by atoms with Gasteiger partial charge in [-0.1, -0.05) is 6.92 Å². The summed E-state index contributed by atoms with van der Waals surface area (Å²) in [5.74, 6) is -2.86. The maximum Gasteiger partial charge on any atom is 0.330 e. The number of carbonyl (C=O) groups excluding carboxylic acids is 1. The molecular formula is C28H23F3N4O3S. The number of nitrogens with one attached hydrogen (secondary N) is 1. The highest BCUT2D eigenvalue weighted by molar-refractivity contribution is 7.13. The van der Waals surface area contributed by atoms with E-state index in [2.05, 4.69) is 15.1 Å². The van der Waals surface area contributed by atoms with E-state index in [0.29, 0.717) is 17.9 Å². The van der Waals surface area contributed by atoms with Gasteiger partial charge >= 0.3 is 5.97 Å². The molecule has 0 spiro atoms. The van der Waals surface area contributed by atoms with Crippen molar-refractivity contribution in [2.45, 2.75) is 19.8 Å². The van der Waals surface area contributed by atoms with Crippen LogP contribution in [-0.4, -0.2) is 32.3 Å². The van der Waals surface area contributed by atoms with Gasteiger partial charge in [-0.3, -0.25) is 0 Å². The quantitative estimate of drug-likeness (QED) is 0.166. The molecule has 5 aromatic rings. The third-order valence-electron chi connectivity index (χ3n) is 6.01. The molecule has 0 radical (unpaired) electrons. The molecule has 1 unspecified atom stereocenters. The van der Waals surface area contributed by atoms with Crippen LogP contribution in [0.2, 0.25) is 0 Å². The van der Waals surface area contributed by atoms with Crippen molar-refractivity contribution in [3.63, 3.8) is 0 Å². The molecule has 5 rings (SSSR count). The summed E-state index contributed by atoms with van der Waals surface area (Å²) in [5, 5.41) is 4.65. The van der Waals surface area contributed by atoms with Gasteiger partial charge in [-0.15, -0.1) is 11.3 Å². The fourth-order valence-corrected chi connectivity index (χ4v) is 5.01. The van der Waals surface area contributed by atoms with Gasteiger partial charge in [-0.05, 0) is 49.4 Å². The van der Waals surface area contributed by atoms with Gasteiger partial charge in [0.25, 0.3) is 0 Å². The van der Waals surface area contributed by atoms with Crippen molar-refractivity contribution >= 4 is 34.3 Å². The molecule has 0 saturated carbocycles. The normalized spacial score (nSPS) is 12.4. The van der Waals surface area contributed by atoms with E-state index in [9.17, 15) is 18.0 Å². The maximum absolute atomic E-state index is 14.9. The van der Waals surface area contributed by atoms with Gasteiger partial charge in [0.2, 0.25) is 0 Å². The molecule has 1 atom stereocenters. The minimum atomic E-state index is -0.893. The summed E-state index contributed by atoms with van der Waals surface area (Å²) in [6, 6.07) is 10.2. The lowest BCUT2D eigenvalue weighted by atomic mass is 10.1. The summed E-state index contributed by atoms with van der Waals surface area (Å²) in [6.07, 6.45) is 4.54. The Hall–Kier alpha value is -4.38. The number of fused-ring (bicyclic) bond motifs is 1. The fourth-order valence-electron chi connectivity index (χ4n) is 4.04. The zero-order valence-electron chi connectivity index (χ0n) is 21.2. The summed E-state index contributed by atoms with van der Waals surface area (Å²) in [7, 11) is 1.63. The van der Waals surface area contributed by atoms with Gasteiger partial charge in [-0.2, -0.15) is 5.10 Å². The number of rotatable bonds is 8. The predicted molar refractivity (Wildman–Crippen MR) is 142 cm³/mol. The van der Waals surface area contributed by atoms with E-state index < -0.39 is 29.2 Å². The minimum Gasteiger partial charge on any atom is -0.463 e. The molecule has 11 heteroatoms. The Morgan fingerprint density at radius 1 is 1.15 bits per heavy atom. The van der Waals surface area contributed by atoms with Crippen LogP contribution in [0.15, 0.2) is 54.7 Å². The van der Waals surface area contributed by atoms with Crippen LogP contribution < -0.4 is 4.74 Å². The molecule has 0 aliphatic rings. The number of thiophene rings is 1. The Balaban J connectivity index is 1.41. The highest BCUT2D eigenvalue weighted by Crippen LogP contribution is 2.36. The molecule has 7 nitrogen and oxygen atoms in total. The number of H-pyrrole nitrogens is 1. The molecule has 0 amide bonds. The summed E-state index contributed by atoms with van der Waals surface area (Å²) >= 11 is 1.47. The summed E-state index contributed by atoms with van der Waals surface area (Å²) in [5.41, 5.74) is 0.361. The van der Waals surface area contributed by atoms with Crippen molar-refractivity contribution < 1.29 is 27.4 Å². The first kappa shape index (κ1) is 26.2. The average Bonchev–Trinajstić information content (AvgIpc) is 3.66. The van der Waals surface area contributed by atoms with Crippen molar-refractivity contribution in [3.05, 3.63) is 87.8 Å². The number of nitrogens with zero attached hydrogens (tertiary/aromatic N) is 3. The number of halogens is 3. The molecule has 39 heavy (non-hydrogen) atoms. The molecule has 0 bridgehead atoms. The van der Waals surface area contributed by atoms with Crippen LogP contribution in [0.4, 0.5) is 13.2 Å². The Kier molecular flexibility index (Phi) is 7.25. The summed E-state index contributed by atoms with van der Waals surface area (Å²) in [6.45, 7) is 3.96. The van der Waals surface area contributed by atoms with Crippen LogP contribution in [-0.2, 0) is 16.6 Å². The highest BCUT2D eigenvalue weighted by atomic mass is 32.1. The molecule has 1 N–H and O–H groups in total. The molecule has 0 aliphatic carbocycles. The van der Waals surface area contributed by atoms with E-state index in [0.717, 1.165) is 21.9 Å². The number of aromatic nitrogens is 4. The summed E-state index contributed by atoms with van der Waals surface area (Å²) < 4.78 is 56.2. The molecule has 2 aromatic carbocycles. The van der Waals surface area contributed by atoms with E-state index in [4.69, 9.17) is 9.47 Å². The SMILES string of the molecule is CCOC(=O)/C=C/c1ccc(C(C)c2nc(-c3cc(Oc4c(F)cc5[nH]ccc5c4F)ccc3F)n(C)n2)s1. The van der Waals surface area contributed by atoms with Crippen LogP contribution in [0.1, 0.15) is 35.3 Å². The lowest BCUT2D eigenvalue weighted by Crippen LogP contribution is -1.99. The third-order valence-corrected chi connectivity index (χ3v) is 7.25. The summed E-state index contributed by atoms with van der Waals surface area (Å²) in [4.78, 5) is 20.7. The zero-order chi connectivity index (χ0) is 27.7. The molecule has 0 fully saturated rings. The van der Waals surface area contributed by atoms with Gasteiger partial charge in [0.05, 0.1) is 23.6 Å². The molecule has 3 aromatic heterocycles. The number of esters is 1. The van der Waals surface area contributed by atoms with Gasteiger partial charge in [0.15, 0.2) is 29.0 Å². The topological polar surface area (TPSA) is 82.0 Å². The number of benzene rings is 2. The van der Waals surface area contributed by atoms with Crippen LogP contribution in [0.5, 0.6) is 11.5 Å². The lowest BCUT2D eigenvalue weighted by Gasteiger charge is -2.10. The largest absolute Gasteiger partial charge is 0.463 e. The third kappa shape index (κ3) is 5.30. The molecule has 0 aliphatic heterocycles. The minimum absolute atomic E-state index is 0.0352. The average molecular weight is 553 g/mol. The van der Waals surface area contributed by atoms with E-state index in [1.54, 1.807) is 20.0 Å². The predicted octanol–water partition coefficient (Wildman–Crippen LogP) is 6.96. The number of aryl methyl sites for hydroxylation is 1. The van der Waals surface area contributed by atoms with Crippen LogP contribution in [0, 0.1) is 17.5 Å². The first-order valence-corrected chi connectivity index (χ1v) is 12.8. The number of aromatic amines is 1. The monoisotopic (exact) mass is 552 g/mol. The second-order valence-electron chi connectivity index (χ2n) is 8.65. The van der Waals surface area contributed by atoms with Crippen molar-refractivity contribution in [1.82, 2.24) is 19.7 Å². The number of hydrogen-bond acceptors (Lipinski definition) is 6. The van der Waals surface area contributed by atoms with Gasteiger partial charge in [0, 0.05) is 40.5 Å². The highest BCUT2D eigenvalue weighted by Gasteiger charge is 2.22. The Morgan fingerprint density at radius 3 is 2.77 bits per heavy atom. The molecular weight excluding hydrogens is 529 g/mol. The zero-order valence-corrected chi connectivity index (χ0v) is 22.0. The fraction of sp³-hybridized carbons (Fsp3) is 0.179. The van der Waals surface area contributed by atoms with Crippen molar-refractivity contribution in [2.24, 2.45) is 7.05 Å². The number of ether oxygens (including phenoxy) is 2. The van der Waals surface area contributed by atoms with Crippen LogP contribution in [0.3, 0.4) is 0 Å². The number of hydrogen-bond donors (Lipinski definition) is 1. The lowest BCUT2D eigenvalue weighted by molar-refractivity contribution is -0.137. The standard InChI is InChI=1S/C28H23F3N4O3S/c1-4-37-24(36)10-7-17-6-9-23(39-17)15(2)27-33-28(35(3)34-27)19-13-16(5-8-20(19)29)38-26-21(30)14-22-18(25(26)31)11-12-32-22/h5-15,32H,4H2,1-3H3/b10-7+. The van der Waals surface area contributed by atoms with Gasteiger partial charge < -0.3 is 14.5 Å². The Morgan fingerprint density at radius 2 is 1.97 bits per heavy atom. The maximum atomic E-state index is 14.9. The second kappa shape index (κ2) is 10.8. The Bertz CT molecular complexity index is 1710. The van der Waals surface area contributed by atoms with E-state index in [1.807, 2.05) is 19.1 Å². The second-order valence-corrected chi connectivity index (χ2v) is 9.80. The van der Waals surface area contributed by atoms with E-state index in [1.165, 1.54) is 46.5 Å². The van der Waals surface area contributed by atoms with Gasteiger partial charge in [-0.25, -0.2) is 27.6 Å². The van der Waals surface area contributed by atoms with Crippen molar-refractivity contribution in [2.75, 3.05) is 6.61 Å². The molecule has 3 heterocycles. The van der Waals surface area contributed by atoms with Crippen LogP contribution >= 0.6 is 11.3 Å². The van der Waals surface area contributed by atoms with Gasteiger partial charge in [0.1, 0.15) is 11.6 Å². The molecule has 0 saturated heterocycles. The van der Waals surface area contributed by atoms with Crippen molar-refractivity contribution in [3.8, 4) is 22.9 Å².